The number of rotatable bonds is 3. The van der Waals surface area contributed by atoms with E-state index in [4.69, 9.17) is 5.11 Å². The molecule has 1 N–H and O–H groups in total. The quantitative estimate of drug-likeness (QED) is 0.750. The zero-order valence-electron chi connectivity index (χ0n) is 8.25. The first-order valence-electron chi connectivity index (χ1n) is 4.65. The summed E-state index contributed by atoms with van der Waals surface area (Å²) in [6.45, 7) is 4.30. The molecule has 0 saturated heterocycles. The molecule has 0 aliphatic carbocycles. The van der Waals surface area contributed by atoms with E-state index < -0.39 is 0 Å². The van der Waals surface area contributed by atoms with Gasteiger partial charge in [0, 0.05) is 0 Å². The first-order chi connectivity index (χ1) is 6.27. The van der Waals surface area contributed by atoms with Crippen molar-refractivity contribution >= 4 is 5.57 Å². The lowest BCUT2D eigenvalue weighted by Gasteiger charge is -2.05. The maximum absolute atomic E-state index is 8.82. The first kappa shape index (κ1) is 10.0. The van der Waals surface area contributed by atoms with Crippen LogP contribution in [0.4, 0.5) is 0 Å². The van der Waals surface area contributed by atoms with Crippen LogP contribution in [-0.4, -0.2) is 11.7 Å². The van der Waals surface area contributed by atoms with Gasteiger partial charge in [0.2, 0.25) is 0 Å². The van der Waals surface area contributed by atoms with Gasteiger partial charge in [0.25, 0.3) is 0 Å². The number of hydrogen-bond acceptors (Lipinski definition) is 1. The van der Waals surface area contributed by atoms with Crippen LogP contribution in [0.1, 0.15) is 24.5 Å². The summed E-state index contributed by atoms with van der Waals surface area (Å²) < 4.78 is 0. The molecule has 1 heteroatoms. The lowest BCUT2D eigenvalue weighted by atomic mass is 10.0. The van der Waals surface area contributed by atoms with Gasteiger partial charge in [-0.1, -0.05) is 42.8 Å². The fourth-order valence-corrected chi connectivity index (χ4v) is 1.42. The molecule has 0 aliphatic heterocycles. The van der Waals surface area contributed by atoms with Crippen molar-refractivity contribution < 1.29 is 5.11 Å². The molecule has 0 aromatic heterocycles. The summed E-state index contributed by atoms with van der Waals surface area (Å²) in [6.07, 6.45) is 2.83. The first-order valence-corrected chi connectivity index (χ1v) is 4.65. The number of hydrogen-bond donors (Lipinski definition) is 1. The average molecular weight is 176 g/mol. The van der Waals surface area contributed by atoms with Crippen LogP contribution in [0.25, 0.3) is 5.57 Å². The van der Waals surface area contributed by atoms with Gasteiger partial charge in [-0.2, -0.15) is 0 Å². The smallest absolute Gasteiger partial charge is 0.0618 e. The van der Waals surface area contributed by atoms with Gasteiger partial charge >= 0.3 is 0 Å². The van der Waals surface area contributed by atoms with Gasteiger partial charge in [-0.15, -0.1) is 0 Å². The summed E-state index contributed by atoms with van der Waals surface area (Å²) >= 11 is 0. The molecule has 1 rings (SSSR count). The highest BCUT2D eigenvalue weighted by Gasteiger charge is 1.97. The molecule has 0 amide bonds. The fraction of sp³-hybridized carbons (Fsp3) is 0.333. The van der Waals surface area contributed by atoms with Gasteiger partial charge < -0.3 is 5.11 Å². The molecule has 13 heavy (non-hydrogen) atoms. The Morgan fingerprint density at radius 2 is 2.23 bits per heavy atom. The molecule has 0 saturated carbocycles. The van der Waals surface area contributed by atoms with Crippen molar-refractivity contribution in [1.29, 1.82) is 0 Å². The highest BCUT2D eigenvalue weighted by Crippen LogP contribution is 2.18. The summed E-state index contributed by atoms with van der Waals surface area (Å²) in [5.41, 5.74) is 3.69. The topological polar surface area (TPSA) is 20.2 Å². The third-order valence-corrected chi connectivity index (χ3v) is 2.11. The maximum atomic E-state index is 8.82. The second-order valence-corrected chi connectivity index (χ2v) is 3.13. The second kappa shape index (κ2) is 4.83. The van der Waals surface area contributed by atoms with E-state index in [1.165, 1.54) is 16.7 Å². The van der Waals surface area contributed by atoms with E-state index in [1.807, 2.05) is 12.1 Å². The number of aliphatic hydroxyl groups excluding tert-OH is 1. The largest absolute Gasteiger partial charge is 0.392 e. The average Bonchev–Trinajstić information content (AvgIpc) is 2.14. The number of aliphatic hydroxyl groups is 1. The van der Waals surface area contributed by atoms with Crippen LogP contribution in [0.3, 0.4) is 0 Å². The molecule has 1 aromatic carbocycles. The van der Waals surface area contributed by atoms with Crippen LogP contribution in [0.2, 0.25) is 0 Å². The Labute approximate surface area is 79.7 Å². The van der Waals surface area contributed by atoms with Gasteiger partial charge in [-0.25, -0.2) is 0 Å². The fourth-order valence-electron chi connectivity index (χ4n) is 1.42. The van der Waals surface area contributed by atoms with Gasteiger partial charge in [-0.3, -0.25) is 0 Å². The SMILES string of the molecule is CC/C(=C/CO)c1cccc(C)c1. The van der Waals surface area contributed by atoms with E-state index in [1.54, 1.807) is 0 Å². The van der Waals surface area contributed by atoms with Gasteiger partial charge in [0.1, 0.15) is 0 Å². The molecular weight excluding hydrogens is 160 g/mol. The van der Waals surface area contributed by atoms with E-state index >= 15 is 0 Å². The second-order valence-electron chi connectivity index (χ2n) is 3.13. The van der Waals surface area contributed by atoms with E-state index in [9.17, 15) is 0 Å². The lowest BCUT2D eigenvalue weighted by Crippen LogP contribution is -1.86. The Balaban J connectivity index is 2.98. The minimum Gasteiger partial charge on any atom is -0.392 e. The third-order valence-electron chi connectivity index (χ3n) is 2.11. The van der Waals surface area contributed by atoms with Crippen molar-refractivity contribution in [3.63, 3.8) is 0 Å². The highest BCUT2D eigenvalue weighted by atomic mass is 16.2. The van der Waals surface area contributed by atoms with Crippen molar-refractivity contribution in [2.75, 3.05) is 6.61 Å². The van der Waals surface area contributed by atoms with Crippen molar-refractivity contribution in [2.45, 2.75) is 20.3 Å². The summed E-state index contributed by atoms with van der Waals surface area (Å²) in [5.74, 6) is 0. The molecule has 0 spiro atoms. The molecule has 1 nitrogen and oxygen atoms in total. The summed E-state index contributed by atoms with van der Waals surface area (Å²) in [5, 5.41) is 8.82. The van der Waals surface area contributed by atoms with Gasteiger partial charge in [0.15, 0.2) is 0 Å². The van der Waals surface area contributed by atoms with Crippen LogP contribution >= 0.6 is 0 Å². The highest BCUT2D eigenvalue weighted by molar-refractivity contribution is 5.65. The monoisotopic (exact) mass is 176 g/mol. The molecule has 0 bridgehead atoms. The molecule has 1 aromatic rings. The van der Waals surface area contributed by atoms with Crippen LogP contribution in [0, 0.1) is 6.92 Å². The van der Waals surface area contributed by atoms with Crippen LogP contribution in [0.15, 0.2) is 30.3 Å². The predicted octanol–water partition coefficient (Wildman–Crippen LogP) is 2.78. The number of aryl methyl sites for hydroxylation is 1. The molecule has 70 valence electrons. The summed E-state index contributed by atoms with van der Waals surface area (Å²) in [4.78, 5) is 0. The Hall–Kier alpha value is -1.08. The van der Waals surface area contributed by atoms with Crippen LogP contribution in [-0.2, 0) is 0 Å². The predicted molar refractivity (Wildman–Crippen MR) is 56.5 cm³/mol. The molecule has 0 atom stereocenters. The maximum Gasteiger partial charge on any atom is 0.0618 e. The lowest BCUT2D eigenvalue weighted by molar-refractivity contribution is 0.343. The number of benzene rings is 1. The Kier molecular flexibility index (Phi) is 3.71. The van der Waals surface area contributed by atoms with E-state index in [0.29, 0.717) is 0 Å². The van der Waals surface area contributed by atoms with E-state index in [0.717, 1.165) is 6.42 Å². The zero-order chi connectivity index (χ0) is 9.68. The molecule has 0 unspecified atom stereocenters. The van der Waals surface area contributed by atoms with Crippen molar-refractivity contribution in [3.8, 4) is 0 Å². The normalized spacial score (nSPS) is 11.8. The Bertz CT molecular complexity index is 300. The zero-order valence-corrected chi connectivity index (χ0v) is 8.25. The van der Waals surface area contributed by atoms with E-state index in [2.05, 4.69) is 32.0 Å². The van der Waals surface area contributed by atoms with E-state index in [-0.39, 0.29) is 6.61 Å². The molecule has 0 radical (unpaired) electrons. The van der Waals surface area contributed by atoms with Crippen molar-refractivity contribution in [2.24, 2.45) is 0 Å². The Morgan fingerprint density at radius 1 is 1.46 bits per heavy atom. The third kappa shape index (κ3) is 2.71. The standard InChI is InChI=1S/C12H16O/c1-3-11(7-8-13)12-6-4-5-10(2)9-12/h4-7,9,13H,3,8H2,1-2H3/b11-7-. The minimum atomic E-state index is 0.122. The van der Waals surface area contributed by atoms with Crippen molar-refractivity contribution in [1.82, 2.24) is 0 Å². The molecule has 0 heterocycles. The van der Waals surface area contributed by atoms with Gasteiger partial charge in [0.05, 0.1) is 6.61 Å². The molecule has 0 aliphatic rings. The minimum absolute atomic E-state index is 0.122. The Morgan fingerprint density at radius 3 is 2.77 bits per heavy atom. The van der Waals surface area contributed by atoms with Crippen LogP contribution < -0.4 is 0 Å². The summed E-state index contributed by atoms with van der Waals surface area (Å²) in [6, 6.07) is 8.35. The summed E-state index contributed by atoms with van der Waals surface area (Å²) in [7, 11) is 0. The molecule has 0 fully saturated rings. The molecular formula is C12H16O. The van der Waals surface area contributed by atoms with Crippen LogP contribution in [0.5, 0.6) is 0 Å². The number of allylic oxidation sites excluding steroid dienone is 1. The van der Waals surface area contributed by atoms with Crippen molar-refractivity contribution in [3.05, 3.63) is 41.5 Å². The van der Waals surface area contributed by atoms with Gasteiger partial charge in [-0.05, 0) is 24.5 Å².